The van der Waals surface area contributed by atoms with Crippen LogP contribution in [0.15, 0.2) is 71.9 Å². The third kappa shape index (κ3) is 3.88. The van der Waals surface area contributed by atoms with E-state index in [0.717, 1.165) is 30.6 Å². The summed E-state index contributed by atoms with van der Waals surface area (Å²) in [6.45, 7) is 0.748. The molecule has 5 rings (SSSR count). The van der Waals surface area contributed by atoms with Gasteiger partial charge >= 0.3 is 0 Å². The van der Waals surface area contributed by atoms with E-state index in [2.05, 4.69) is 40.5 Å². The Morgan fingerprint density at radius 2 is 1.81 bits per heavy atom. The summed E-state index contributed by atoms with van der Waals surface area (Å²) in [5.74, 6) is 7.30. The van der Waals surface area contributed by atoms with Gasteiger partial charge in [-0.2, -0.15) is 0 Å². The SMILES string of the molecule is Nn1c(Cc2cccc3ccccc23)nnc1SCC(=O)N1CCCc2ccccc21. The summed E-state index contributed by atoms with van der Waals surface area (Å²) in [4.78, 5) is 14.8. The summed E-state index contributed by atoms with van der Waals surface area (Å²) in [6, 6.07) is 22.6. The molecule has 7 heteroatoms. The van der Waals surface area contributed by atoms with E-state index in [-0.39, 0.29) is 11.7 Å². The molecule has 3 aromatic carbocycles. The van der Waals surface area contributed by atoms with E-state index in [1.54, 1.807) is 0 Å². The maximum atomic E-state index is 12.9. The van der Waals surface area contributed by atoms with Gasteiger partial charge in [-0.05, 0) is 40.8 Å². The van der Waals surface area contributed by atoms with Gasteiger partial charge in [0.1, 0.15) is 0 Å². The number of amides is 1. The van der Waals surface area contributed by atoms with Crippen molar-refractivity contribution >= 4 is 34.1 Å². The first-order valence-electron chi connectivity index (χ1n) is 10.4. The highest BCUT2D eigenvalue weighted by Gasteiger charge is 2.23. The van der Waals surface area contributed by atoms with Crippen LogP contribution in [0.2, 0.25) is 0 Å². The minimum absolute atomic E-state index is 0.0655. The number of nitrogen functional groups attached to an aromatic ring is 1. The Morgan fingerprint density at radius 3 is 2.74 bits per heavy atom. The van der Waals surface area contributed by atoms with Crippen LogP contribution in [-0.4, -0.2) is 33.1 Å². The molecule has 0 atom stereocenters. The average molecular weight is 430 g/mol. The van der Waals surface area contributed by atoms with Crippen LogP contribution in [0.3, 0.4) is 0 Å². The molecule has 156 valence electrons. The Hall–Kier alpha value is -3.32. The van der Waals surface area contributed by atoms with Crippen molar-refractivity contribution < 1.29 is 4.79 Å². The molecule has 0 saturated heterocycles. The molecule has 0 aliphatic carbocycles. The molecule has 0 unspecified atom stereocenters. The van der Waals surface area contributed by atoms with Crippen LogP contribution in [0, 0.1) is 0 Å². The number of hydrogen-bond acceptors (Lipinski definition) is 5. The second-order valence-electron chi connectivity index (χ2n) is 7.65. The minimum atomic E-state index is 0.0655. The quantitative estimate of drug-likeness (QED) is 0.386. The van der Waals surface area contributed by atoms with Crippen LogP contribution in [0.5, 0.6) is 0 Å². The summed E-state index contributed by atoms with van der Waals surface area (Å²) < 4.78 is 1.50. The summed E-state index contributed by atoms with van der Waals surface area (Å²) >= 11 is 1.33. The van der Waals surface area contributed by atoms with Crippen LogP contribution < -0.4 is 10.7 Å². The van der Waals surface area contributed by atoms with Gasteiger partial charge in [0, 0.05) is 18.7 Å². The predicted molar refractivity (Wildman–Crippen MR) is 125 cm³/mol. The van der Waals surface area contributed by atoms with Crippen molar-refractivity contribution in [1.82, 2.24) is 14.9 Å². The number of aromatic nitrogens is 3. The van der Waals surface area contributed by atoms with Gasteiger partial charge in [-0.25, -0.2) is 4.68 Å². The third-order valence-electron chi connectivity index (χ3n) is 5.70. The number of benzene rings is 3. The fraction of sp³-hybridized carbons (Fsp3) is 0.208. The Kier molecular flexibility index (Phi) is 5.34. The number of aryl methyl sites for hydroxylation is 1. The molecule has 1 aliphatic rings. The lowest BCUT2D eigenvalue weighted by Gasteiger charge is -2.29. The number of carbonyl (C=O) groups excluding carboxylic acids is 1. The molecule has 31 heavy (non-hydrogen) atoms. The second-order valence-corrected chi connectivity index (χ2v) is 8.59. The van der Waals surface area contributed by atoms with Gasteiger partial charge in [-0.1, -0.05) is 72.4 Å². The van der Waals surface area contributed by atoms with E-state index < -0.39 is 0 Å². The summed E-state index contributed by atoms with van der Waals surface area (Å²) in [7, 11) is 0. The van der Waals surface area contributed by atoms with Crippen LogP contribution in [0.25, 0.3) is 10.8 Å². The maximum Gasteiger partial charge on any atom is 0.237 e. The normalized spacial score (nSPS) is 13.4. The van der Waals surface area contributed by atoms with Gasteiger partial charge in [0.15, 0.2) is 5.82 Å². The lowest BCUT2D eigenvalue weighted by atomic mass is 10.0. The Morgan fingerprint density at radius 1 is 1.00 bits per heavy atom. The van der Waals surface area contributed by atoms with Gasteiger partial charge in [0.25, 0.3) is 0 Å². The number of rotatable bonds is 5. The molecule has 1 aromatic heterocycles. The molecule has 0 spiro atoms. The summed E-state index contributed by atoms with van der Waals surface area (Å²) in [5.41, 5.74) is 3.39. The standard InChI is InChI=1S/C24H23N5OS/c25-29-22(15-19-10-5-9-17-7-1-3-12-20(17)19)26-27-24(29)31-16-23(30)28-14-6-11-18-8-2-4-13-21(18)28/h1-5,7-10,12-13H,6,11,14-16,25H2. The topological polar surface area (TPSA) is 77.0 Å². The monoisotopic (exact) mass is 429 g/mol. The van der Waals surface area contributed by atoms with Crippen molar-refractivity contribution in [3.8, 4) is 0 Å². The Bertz CT molecular complexity index is 1250. The van der Waals surface area contributed by atoms with Gasteiger partial charge < -0.3 is 10.7 Å². The highest BCUT2D eigenvalue weighted by Crippen LogP contribution is 2.28. The fourth-order valence-electron chi connectivity index (χ4n) is 4.14. The number of carbonyl (C=O) groups is 1. The number of nitrogens with zero attached hydrogens (tertiary/aromatic N) is 4. The van der Waals surface area contributed by atoms with E-state index in [0.29, 0.717) is 17.4 Å². The van der Waals surface area contributed by atoms with Crippen molar-refractivity contribution in [2.45, 2.75) is 24.4 Å². The van der Waals surface area contributed by atoms with Crippen molar-refractivity contribution in [1.29, 1.82) is 0 Å². The summed E-state index contributed by atoms with van der Waals surface area (Å²) in [5, 5.41) is 11.4. The zero-order valence-electron chi connectivity index (χ0n) is 17.1. The van der Waals surface area contributed by atoms with Gasteiger partial charge in [-0.3, -0.25) is 4.79 Å². The Balaban J connectivity index is 1.29. The number of nitrogens with two attached hydrogens (primary N) is 1. The lowest BCUT2D eigenvalue weighted by Crippen LogP contribution is -2.36. The van der Waals surface area contributed by atoms with Crippen molar-refractivity contribution in [3.63, 3.8) is 0 Å². The lowest BCUT2D eigenvalue weighted by molar-refractivity contribution is -0.116. The van der Waals surface area contributed by atoms with Crippen molar-refractivity contribution in [2.24, 2.45) is 0 Å². The van der Waals surface area contributed by atoms with Gasteiger partial charge in [-0.15, -0.1) is 10.2 Å². The number of anilines is 1. The van der Waals surface area contributed by atoms with E-state index in [1.165, 1.54) is 32.8 Å². The smallest absolute Gasteiger partial charge is 0.237 e. The van der Waals surface area contributed by atoms with Crippen LogP contribution in [-0.2, 0) is 17.6 Å². The molecule has 0 saturated carbocycles. The Labute approximate surface area is 185 Å². The summed E-state index contributed by atoms with van der Waals surface area (Å²) in [6.07, 6.45) is 2.58. The molecule has 1 amide bonds. The third-order valence-corrected chi connectivity index (χ3v) is 6.63. The molecule has 0 bridgehead atoms. The molecule has 2 heterocycles. The molecule has 2 N–H and O–H groups in total. The molecule has 6 nitrogen and oxygen atoms in total. The van der Waals surface area contributed by atoms with Crippen LogP contribution >= 0.6 is 11.8 Å². The van der Waals surface area contributed by atoms with E-state index in [1.807, 2.05) is 41.3 Å². The highest BCUT2D eigenvalue weighted by atomic mass is 32.2. The zero-order chi connectivity index (χ0) is 21.2. The first kappa shape index (κ1) is 19.6. The maximum absolute atomic E-state index is 12.9. The zero-order valence-corrected chi connectivity index (χ0v) is 17.9. The highest BCUT2D eigenvalue weighted by molar-refractivity contribution is 7.99. The molecule has 1 aliphatic heterocycles. The van der Waals surface area contributed by atoms with E-state index in [9.17, 15) is 4.79 Å². The molecule has 0 fully saturated rings. The van der Waals surface area contributed by atoms with E-state index >= 15 is 0 Å². The van der Waals surface area contributed by atoms with Crippen molar-refractivity contribution in [2.75, 3.05) is 23.0 Å². The van der Waals surface area contributed by atoms with Crippen LogP contribution in [0.4, 0.5) is 5.69 Å². The molecular weight excluding hydrogens is 406 g/mol. The number of hydrogen-bond donors (Lipinski definition) is 1. The number of thioether (sulfide) groups is 1. The van der Waals surface area contributed by atoms with Crippen molar-refractivity contribution in [3.05, 3.63) is 83.7 Å². The largest absolute Gasteiger partial charge is 0.336 e. The number of para-hydroxylation sites is 1. The van der Waals surface area contributed by atoms with Gasteiger partial charge in [0.2, 0.25) is 11.1 Å². The molecule has 4 aromatic rings. The van der Waals surface area contributed by atoms with Crippen LogP contribution in [0.1, 0.15) is 23.4 Å². The van der Waals surface area contributed by atoms with E-state index in [4.69, 9.17) is 5.84 Å². The first-order valence-corrected chi connectivity index (χ1v) is 11.4. The van der Waals surface area contributed by atoms with Gasteiger partial charge in [0.05, 0.1) is 5.75 Å². The average Bonchev–Trinajstić information content (AvgIpc) is 3.16. The molecule has 0 radical (unpaired) electrons. The second kappa shape index (κ2) is 8.43. The number of fused-ring (bicyclic) bond motifs is 2. The fourth-order valence-corrected chi connectivity index (χ4v) is 4.89. The first-order chi connectivity index (χ1) is 15.2. The molecular formula is C24H23N5OS. The predicted octanol–water partition coefficient (Wildman–Crippen LogP) is 3.81. The minimum Gasteiger partial charge on any atom is -0.336 e.